The zero-order valence-corrected chi connectivity index (χ0v) is 14.5. The van der Waals surface area contributed by atoms with Gasteiger partial charge in [0, 0.05) is 10.4 Å². The van der Waals surface area contributed by atoms with Crippen molar-refractivity contribution in [3.05, 3.63) is 58.5 Å². The number of ether oxygens (including phenoxy) is 1. The SMILES string of the molecule is COc1cc(/C=N/Nc2nc3c(s2)CCc2ccccc2-3)ccc1O. The molecule has 0 saturated heterocycles. The molecule has 1 aliphatic rings. The van der Waals surface area contributed by atoms with Gasteiger partial charge in [0.05, 0.1) is 19.0 Å². The monoisotopic (exact) mass is 351 g/mol. The van der Waals surface area contributed by atoms with Crippen LogP contribution in [-0.4, -0.2) is 23.4 Å². The molecule has 0 saturated carbocycles. The Balaban J connectivity index is 1.53. The summed E-state index contributed by atoms with van der Waals surface area (Å²) in [6.07, 6.45) is 3.75. The van der Waals surface area contributed by atoms with E-state index in [0.29, 0.717) is 5.75 Å². The van der Waals surface area contributed by atoms with E-state index in [1.54, 1.807) is 35.8 Å². The Labute approximate surface area is 149 Å². The second-order valence-corrected chi connectivity index (χ2v) is 6.83. The number of fused-ring (bicyclic) bond motifs is 3. The molecule has 25 heavy (non-hydrogen) atoms. The fourth-order valence-electron chi connectivity index (χ4n) is 2.93. The van der Waals surface area contributed by atoms with Gasteiger partial charge in [-0.3, -0.25) is 5.43 Å². The Morgan fingerprint density at radius 3 is 3.00 bits per heavy atom. The summed E-state index contributed by atoms with van der Waals surface area (Å²) in [6.45, 7) is 0. The number of aromatic nitrogens is 1. The Morgan fingerprint density at radius 2 is 2.12 bits per heavy atom. The Kier molecular flexibility index (Phi) is 4.11. The lowest BCUT2D eigenvalue weighted by Gasteiger charge is -2.13. The van der Waals surface area contributed by atoms with Gasteiger partial charge in [0.25, 0.3) is 0 Å². The van der Waals surface area contributed by atoms with Crippen LogP contribution in [0.2, 0.25) is 0 Å². The van der Waals surface area contributed by atoms with E-state index in [1.165, 1.54) is 23.1 Å². The fraction of sp³-hybridized carbons (Fsp3) is 0.158. The van der Waals surface area contributed by atoms with E-state index in [9.17, 15) is 5.11 Å². The molecule has 0 fully saturated rings. The van der Waals surface area contributed by atoms with Crippen molar-refractivity contribution in [1.82, 2.24) is 4.98 Å². The highest BCUT2D eigenvalue weighted by Gasteiger charge is 2.20. The zero-order valence-electron chi connectivity index (χ0n) is 13.7. The fourth-order valence-corrected chi connectivity index (χ4v) is 3.86. The summed E-state index contributed by atoms with van der Waals surface area (Å²) in [5.41, 5.74) is 7.48. The predicted octanol–water partition coefficient (Wildman–Crippen LogP) is 4.07. The van der Waals surface area contributed by atoms with Crippen molar-refractivity contribution < 1.29 is 9.84 Å². The first-order chi connectivity index (χ1) is 12.2. The summed E-state index contributed by atoms with van der Waals surface area (Å²) in [5.74, 6) is 0.532. The molecule has 6 heteroatoms. The number of aromatic hydroxyl groups is 1. The first-order valence-corrected chi connectivity index (χ1v) is 8.80. The molecule has 0 spiro atoms. The maximum absolute atomic E-state index is 9.62. The summed E-state index contributed by atoms with van der Waals surface area (Å²) in [5, 5.41) is 14.7. The molecule has 3 aromatic rings. The van der Waals surface area contributed by atoms with Gasteiger partial charge in [0.15, 0.2) is 11.5 Å². The average Bonchev–Trinajstić information content (AvgIpc) is 3.06. The van der Waals surface area contributed by atoms with E-state index in [0.717, 1.165) is 29.2 Å². The number of methoxy groups -OCH3 is 1. The molecule has 1 aromatic heterocycles. The second kappa shape index (κ2) is 6.57. The highest BCUT2D eigenvalue weighted by Crippen LogP contribution is 2.37. The lowest BCUT2D eigenvalue weighted by Crippen LogP contribution is -2.01. The van der Waals surface area contributed by atoms with E-state index in [1.807, 2.05) is 0 Å². The largest absolute Gasteiger partial charge is 0.504 e. The second-order valence-electron chi connectivity index (χ2n) is 5.75. The molecule has 2 N–H and O–H groups in total. The van der Waals surface area contributed by atoms with Crippen molar-refractivity contribution in [3.63, 3.8) is 0 Å². The van der Waals surface area contributed by atoms with Crippen molar-refractivity contribution in [1.29, 1.82) is 0 Å². The van der Waals surface area contributed by atoms with Crippen LogP contribution in [0.1, 0.15) is 16.0 Å². The Morgan fingerprint density at radius 1 is 1.24 bits per heavy atom. The van der Waals surface area contributed by atoms with E-state index in [-0.39, 0.29) is 5.75 Å². The van der Waals surface area contributed by atoms with Crippen molar-refractivity contribution in [2.24, 2.45) is 5.10 Å². The summed E-state index contributed by atoms with van der Waals surface area (Å²) < 4.78 is 5.10. The number of aryl methyl sites for hydroxylation is 2. The average molecular weight is 351 g/mol. The third kappa shape index (κ3) is 3.08. The van der Waals surface area contributed by atoms with E-state index >= 15 is 0 Å². The quantitative estimate of drug-likeness (QED) is 0.549. The molecule has 4 rings (SSSR count). The number of rotatable bonds is 4. The van der Waals surface area contributed by atoms with Crippen LogP contribution in [-0.2, 0) is 12.8 Å². The maximum Gasteiger partial charge on any atom is 0.204 e. The molecular weight excluding hydrogens is 334 g/mol. The molecule has 1 heterocycles. The highest BCUT2D eigenvalue weighted by atomic mass is 32.1. The number of phenolic OH excluding ortho intramolecular Hbond substituents is 1. The summed E-state index contributed by atoms with van der Waals surface area (Å²) in [4.78, 5) is 5.99. The number of hydrogen-bond acceptors (Lipinski definition) is 6. The van der Waals surface area contributed by atoms with E-state index in [2.05, 4.69) is 34.8 Å². The molecule has 1 aliphatic carbocycles. The minimum Gasteiger partial charge on any atom is -0.504 e. The number of hydrazone groups is 1. The minimum atomic E-state index is 0.110. The van der Waals surface area contributed by atoms with Gasteiger partial charge in [-0.2, -0.15) is 5.10 Å². The molecule has 0 amide bonds. The highest BCUT2D eigenvalue weighted by molar-refractivity contribution is 7.16. The summed E-state index contributed by atoms with van der Waals surface area (Å²) in [6, 6.07) is 13.5. The number of nitrogens with one attached hydrogen (secondary N) is 1. The number of anilines is 1. The predicted molar refractivity (Wildman–Crippen MR) is 101 cm³/mol. The van der Waals surface area contributed by atoms with E-state index < -0.39 is 0 Å². The molecule has 0 radical (unpaired) electrons. The normalized spacial score (nSPS) is 12.7. The van der Waals surface area contributed by atoms with Crippen LogP contribution in [0.15, 0.2) is 47.6 Å². The smallest absolute Gasteiger partial charge is 0.204 e. The van der Waals surface area contributed by atoms with Crippen molar-refractivity contribution in [2.45, 2.75) is 12.8 Å². The molecule has 0 atom stereocenters. The maximum atomic E-state index is 9.62. The van der Waals surface area contributed by atoms with Crippen LogP contribution in [0, 0.1) is 0 Å². The van der Waals surface area contributed by atoms with Gasteiger partial charge in [-0.1, -0.05) is 35.6 Å². The first kappa shape index (κ1) is 15.7. The van der Waals surface area contributed by atoms with Gasteiger partial charge in [-0.25, -0.2) is 4.98 Å². The Bertz CT molecular complexity index is 950. The number of thiazole rings is 1. The Hall–Kier alpha value is -2.86. The van der Waals surface area contributed by atoms with Gasteiger partial charge in [0.1, 0.15) is 0 Å². The number of hydrogen-bond donors (Lipinski definition) is 2. The van der Waals surface area contributed by atoms with Crippen LogP contribution in [0.3, 0.4) is 0 Å². The third-order valence-corrected chi connectivity index (χ3v) is 5.19. The lowest BCUT2D eigenvalue weighted by atomic mass is 9.94. The van der Waals surface area contributed by atoms with Gasteiger partial charge in [-0.15, -0.1) is 0 Å². The zero-order chi connectivity index (χ0) is 17.2. The van der Waals surface area contributed by atoms with Crippen LogP contribution in [0.25, 0.3) is 11.3 Å². The standard InChI is InChI=1S/C19H17N3O2S/c1-24-16-10-12(6-8-15(16)23)11-20-22-19-21-18-14-5-3-2-4-13(14)7-9-17(18)25-19/h2-6,8,10-11,23H,7,9H2,1H3,(H,21,22)/b20-11+. The van der Waals surface area contributed by atoms with Crippen molar-refractivity contribution >= 4 is 22.7 Å². The van der Waals surface area contributed by atoms with Gasteiger partial charge in [-0.05, 0) is 42.2 Å². The topological polar surface area (TPSA) is 66.7 Å². The first-order valence-electron chi connectivity index (χ1n) is 7.98. The summed E-state index contributed by atoms with van der Waals surface area (Å²) in [7, 11) is 1.52. The molecule has 0 bridgehead atoms. The van der Waals surface area contributed by atoms with Crippen LogP contribution < -0.4 is 10.2 Å². The van der Waals surface area contributed by atoms with Gasteiger partial charge in [0.2, 0.25) is 5.13 Å². The van der Waals surface area contributed by atoms with E-state index in [4.69, 9.17) is 9.72 Å². The minimum absolute atomic E-state index is 0.110. The van der Waals surface area contributed by atoms with Gasteiger partial charge >= 0.3 is 0 Å². The third-order valence-electron chi connectivity index (χ3n) is 4.17. The van der Waals surface area contributed by atoms with Crippen LogP contribution >= 0.6 is 11.3 Å². The molecule has 126 valence electrons. The molecular formula is C19H17N3O2S. The lowest BCUT2D eigenvalue weighted by molar-refractivity contribution is 0.373. The van der Waals surface area contributed by atoms with Crippen LogP contribution in [0.4, 0.5) is 5.13 Å². The summed E-state index contributed by atoms with van der Waals surface area (Å²) >= 11 is 1.64. The van der Waals surface area contributed by atoms with Crippen LogP contribution in [0.5, 0.6) is 11.5 Å². The molecule has 0 aliphatic heterocycles. The van der Waals surface area contributed by atoms with Crippen molar-refractivity contribution in [3.8, 4) is 22.8 Å². The van der Waals surface area contributed by atoms with Crippen molar-refractivity contribution in [2.75, 3.05) is 12.5 Å². The number of nitrogens with zero attached hydrogens (tertiary/aromatic N) is 2. The molecule has 2 aromatic carbocycles. The molecule has 5 nitrogen and oxygen atoms in total. The molecule has 0 unspecified atom stereocenters. The van der Waals surface area contributed by atoms with Gasteiger partial charge < -0.3 is 9.84 Å². The number of benzene rings is 2. The number of phenols is 1.